The first-order valence-corrected chi connectivity index (χ1v) is 11.3. The predicted molar refractivity (Wildman–Crippen MR) is 120 cm³/mol. The number of carbonyl (C=O) groups is 1. The summed E-state index contributed by atoms with van der Waals surface area (Å²) in [6, 6.07) is 5.00. The van der Waals surface area contributed by atoms with Gasteiger partial charge in [0.1, 0.15) is 16.9 Å². The van der Waals surface area contributed by atoms with E-state index in [4.69, 9.17) is 16.3 Å². The van der Waals surface area contributed by atoms with Gasteiger partial charge in [0.2, 0.25) is 5.88 Å². The molecular weight excluding hydrogens is 488 g/mol. The lowest BCUT2D eigenvalue weighted by atomic mass is 9.77. The highest BCUT2D eigenvalue weighted by molar-refractivity contribution is 6.31. The van der Waals surface area contributed by atoms with Gasteiger partial charge < -0.3 is 9.64 Å². The Morgan fingerprint density at radius 2 is 1.91 bits per heavy atom. The van der Waals surface area contributed by atoms with Crippen molar-refractivity contribution in [2.75, 3.05) is 11.4 Å². The largest absolute Gasteiger partial charge is 0.471 e. The van der Waals surface area contributed by atoms with Gasteiger partial charge in [-0.1, -0.05) is 11.6 Å². The summed E-state index contributed by atoms with van der Waals surface area (Å²) in [4.78, 5) is 26.2. The number of fused-ring (bicyclic) bond motifs is 3. The van der Waals surface area contributed by atoms with E-state index in [1.54, 1.807) is 12.1 Å². The summed E-state index contributed by atoms with van der Waals surface area (Å²) in [5, 5.41) is -0.230. The van der Waals surface area contributed by atoms with Crippen molar-refractivity contribution < 1.29 is 27.1 Å². The Morgan fingerprint density at radius 3 is 2.57 bits per heavy atom. The first-order valence-electron chi connectivity index (χ1n) is 11.0. The van der Waals surface area contributed by atoms with E-state index in [0.29, 0.717) is 31.1 Å². The van der Waals surface area contributed by atoms with Gasteiger partial charge in [0, 0.05) is 30.8 Å². The number of anilines is 1. The normalized spacial score (nSPS) is 21.7. The average molecular weight is 507 g/mol. The molecule has 3 aliphatic rings. The van der Waals surface area contributed by atoms with Crippen molar-refractivity contribution in [3.63, 3.8) is 0 Å². The van der Waals surface area contributed by atoms with Crippen LogP contribution < -0.4 is 9.64 Å². The SMILES string of the molecule is O=Cc1c(N2C[C@@H]3CC[C@H]2[C@H](Oc2ncc(C(F)(F)F)cc2Cl)C3)ccc(F)c1-c1ncccn1. The molecule has 35 heavy (non-hydrogen) atoms. The highest BCUT2D eigenvalue weighted by atomic mass is 35.5. The monoisotopic (exact) mass is 506 g/mol. The lowest BCUT2D eigenvalue weighted by Gasteiger charge is -2.50. The van der Waals surface area contributed by atoms with Gasteiger partial charge in [-0.15, -0.1) is 0 Å². The van der Waals surface area contributed by atoms with Crippen LogP contribution in [-0.4, -0.2) is 39.9 Å². The number of pyridine rings is 1. The van der Waals surface area contributed by atoms with E-state index in [0.717, 1.165) is 18.9 Å². The topological polar surface area (TPSA) is 68.2 Å². The van der Waals surface area contributed by atoms with Gasteiger partial charge in [0.15, 0.2) is 12.1 Å². The zero-order valence-electron chi connectivity index (χ0n) is 18.2. The summed E-state index contributed by atoms with van der Waals surface area (Å²) in [6.07, 6.45) is 1.55. The van der Waals surface area contributed by atoms with Crippen LogP contribution >= 0.6 is 11.6 Å². The number of alkyl halides is 3. The van der Waals surface area contributed by atoms with Gasteiger partial charge in [-0.05, 0) is 49.4 Å². The summed E-state index contributed by atoms with van der Waals surface area (Å²) in [5.74, 6) is -0.383. The number of aromatic nitrogens is 3. The van der Waals surface area contributed by atoms with Crippen LogP contribution in [0.25, 0.3) is 11.4 Å². The van der Waals surface area contributed by atoms with Crippen molar-refractivity contribution in [3.05, 3.63) is 64.8 Å². The van der Waals surface area contributed by atoms with Gasteiger partial charge in [0.25, 0.3) is 0 Å². The van der Waals surface area contributed by atoms with Crippen molar-refractivity contribution in [2.45, 2.75) is 37.6 Å². The molecule has 4 heterocycles. The Morgan fingerprint density at radius 1 is 1.14 bits per heavy atom. The molecule has 3 fully saturated rings. The van der Waals surface area contributed by atoms with Crippen molar-refractivity contribution in [1.82, 2.24) is 15.0 Å². The standard InChI is InChI=1S/C24H19ClF4N4O2/c25-16-9-14(24(27,28)29)10-32-23(16)35-20-8-13-2-4-19(20)33(11-13)18-5-3-17(26)21(15(18)12-34)22-30-6-1-7-31-22/h1,3,5-7,9-10,12-13,19-20H,2,4,8,11H2/t13-,19+,20-/m1/s1. The van der Waals surface area contributed by atoms with Crippen LogP contribution in [-0.2, 0) is 6.18 Å². The Balaban J connectivity index is 1.48. The zero-order chi connectivity index (χ0) is 24.7. The molecule has 3 aromatic rings. The summed E-state index contributed by atoms with van der Waals surface area (Å²) >= 11 is 6.06. The van der Waals surface area contributed by atoms with Gasteiger partial charge in [0.05, 0.1) is 22.7 Å². The van der Waals surface area contributed by atoms with Gasteiger partial charge in [-0.25, -0.2) is 19.3 Å². The molecule has 2 aromatic heterocycles. The first-order chi connectivity index (χ1) is 16.8. The van der Waals surface area contributed by atoms with E-state index in [2.05, 4.69) is 15.0 Å². The van der Waals surface area contributed by atoms with Crippen LogP contribution in [0.15, 0.2) is 42.9 Å². The Labute approximate surface area is 202 Å². The fraction of sp³-hybridized carbons (Fsp3) is 0.333. The fourth-order valence-corrected chi connectivity index (χ4v) is 5.16. The molecule has 2 bridgehead atoms. The Bertz CT molecular complexity index is 1260. The number of hydrogen-bond donors (Lipinski definition) is 0. The number of benzene rings is 1. The van der Waals surface area contributed by atoms with E-state index in [9.17, 15) is 22.4 Å². The van der Waals surface area contributed by atoms with Crippen LogP contribution in [0.4, 0.5) is 23.2 Å². The van der Waals surface area contributed by atoms with Crippen molar-refractivity contribution in [2.24, 2.45) is 5.92 Å². The number of rotatable bonds is 5. The molecule has 0 amide bonds. The second-order valence-corrected chi connectivity index (χ2v) is 9.02. The minimum Gasteiger partial charge on any atom is -0.471 e. The third kappa shape index (κ3) is 4.42. The third-order valence-electron chi connectivity index (χ3n) is 6.51. The van der Waals surface area contributed by atoms with Crippen LogP contribution in [0.1, 0.15) is 35.2 Å². The molecule has 1 saturated carbocycles. The maximum Gasteiger partial charge on any atom is 0.417 e. The molecule has 182 valence electrons. The maximum atomic E-state index is 14.8. The summed E-state index contributed by atoms with van der Waals surface area (Å²) < 4.78 is 59.7. The van der Waals surface area contributed by atoms with E-state index >= 15 is 0 Å². The van der Waals surface area contributed by atoms with Crippen molar-refractivity contribution in [3.8, 4) is 17.3 Å². The molecule has 0 unspecified atom stereocenters. The van der Waals surface area contributed by atoms with E-state index < -0.39 is 23.7 Å². The minimum atomic E-state index is -4.57. The quantitative estimate of drug-likeness (QED) is 0.331. The second-order valence-electron chi connectivity index (χ2n) is 8.61. The molecule has 0 N–H and O–H groups in total. The molecule has 0 radical (unpaired) electrons. The van der Waals surface area contributed by atoms with Gasteiger partial charge in [-0.3, -0.25) is 4.79 Å². The maximum absolute atomic E-state index is 14.8. The molecular formula is C24H19ClF4N4O2. The molecule has 0 spiro atoms. The number of hydrogen-bond acceptors (Lipinski definition) is 6. The van der Waals surface area contributed by atoms with Crippen LogP contribution in [0.2, 0.25) is 5.02 Å². The molecule has 6 rings (SSSR count). The van der Waals surface area contributed by atoms with E-state index in [1.165, 1.54) is 18.5 Å². The lowest BCUT2D eigenvalue weighted by molar-refractivity contribution is -0.137. The molecule has 1 aromatic carbocycles. The van der Waals surface area contributed by atoms with Crippen molar-refractivity contribution in [1.29, 1.82) is 0 Å². The molecule has 11 heteroatoms. The highest BCUT2D eigenvalue weighted by Gasteiger charge is 2.44. The molecule has 2 aliphatic heterocycles. The van der Waals surface area contributed by atoms with E-state index in [1.807, 2.05) is 4.90 Å². The van der Waals surface area contributed by atoms with Gasteiger partial charge >= 0.3 is 6.18 Å². The summed E-state index contributed by atoms with van der Waals surface area (Å²) in [7, 11) is 0. The number of aldehydes is 1. The number of halogens is 5. The fourth-order valence-electron chi connectivity index (χ4n) is 4.95. The smallest absolute Gasteiger partial charge is 0.417 e. The van der Waals surface area contributed by atoms with Crippen LogP contribution in [0.5, 0.6) is 5.88 Å². The van der Waals surface area contributed by atoms with Crippen LogP contribution in [0.3, 0.4) is 0 Å². The zero-order valence-corrected chi connectivity index (χ0v) is 18.9. The molecule has 1 aliphatic carbocycles. The number of ether oxygens (including phenoxy) is 1. The third-order valence-corrected chi connectivity index (χ3v) is 6.78. The first kappa shape index (κ1) is 23.5. The second kappa shape index (κ2) is 9.07. The predicted octanol–water partition coefficient (Wildman–Crippen LogP) is 5.60. The minimum absolute atomic E-state index is 0.0180. The van der Waals surface area contributed by atoms with Crippen LogP contribution in [0, 0.1) is 11.7 Å². The molecule has 3 atom stereocenters. The summed E-state index contributed by atoms with van der Waals surface area (Å²) in [5.41, 5.74) is -0.282. The molecule has 2 saturated heterocycles. The highest BCUT2D eigenvalue weighted by Crippen LogP contribution is 2.43. The van der Waals surface area contributed by atoms with Gasteiger partial charge in [-0.2, -0.15) is 13.2 Å². The number of nitrogens with zero attached hydrogens (tertiary/aromatic N) is 4. The number of piperidine rings is 2. The average Bonchev–Trinajstić information content (AvgIpc) is 2.85. The number of carbonyl (C=O) groups excluding carboxylic acids is 1. The lowest BCUT2D eigenvalue weighted by Crippen LogP contribution is -2.58. The van der Waals surface area contributed by atoms with E-state index in [-0.39, 0.29) is 39.8 Å². The van der Waals surface area contributed by atoms with Crippen molar-refractivity contribution >= 4 is 23.6 Å². The molecule has 6 nitrogen and oxygen atoms in total. The Hall–Kier alpha value is -3.27. The Kier molecular flexibility index (Phi) is 6.08. The summed E-state index contributed by atoms with van der Waals surface area (Å²) in [6.45, 7) is 0.625.